The average molecular weight is 989 g/mol. The SMILES string of the molecule is C=CC(=O)OCCCCCCCCCCOc1ccc(C(=O)Oc2ccc(CO[C@@H]3CCCC[C@H]3OCc3ccc(OC(=O)c4ccc(OCCCCCCCCCCOC(=O)C=C)cc4)cc3)cc2)cc1. The minimum absolute atomic E-state index is 0.0447. The van der Waals surface area contributed by atoms with Crippen LogP contribution in [-0.4, -0.2) is 62.5 Å². The molecular weight excluding hydrogens is 913 g/mol. The molecule has 1 aliphatic rings. The molecule has 0 radical (unpaired) electrons. The van der Waals surface area contributed by atoms with Crippen LogP contribution in [-0.2, 0) is 41.8 Å². The van der Waals surface area contributed by atoms with Gasteiger partial charge in [0.2, 0.25) is 0 Å². The topological polar surface area (TPSA) is 142 Å². The Morgan fingerprint density at radius 2 is 0.708 bits per heavy atom. The molecule has 0 aromatic heterocycles. The van der Waals surface area contributed by atoms with E-state index in [2.05, 4.69) is 13.2 Å². The van der Waals surface area contributed by atoms with E-state index in [0.717, 1.165) is 125 Å². The lowest BCUT2D eigenvalue weighted by Crippen LogP contribution is -2.34. The summed E-state index contributed by atoms with van der Waals surface area (Å²) in [5.41, 5.74) is 2.84. The van der Waals surface area contributed by atoms with E-state index in [0.29, 0.717) is 62.3 Å². The van der Waals surface area contributed by atoms with Gasteiger partial charge in [0.1, 0.15) is 23.0 Å². The van der Waals surface area contributed by atoms with Gasteiger partial charge in [0, 0.05) is 12.2 Å². The predicted molar refractivity (Wildman–Crippen MR) is 278 cm³/mol. The van der Waals surface area contributed by atoms with Crippen molar-refractivity contribution in [3.05, 3.63) is 145 Å². The minimum Gasteiger partial charge on any atom is -0.494 e. The number of carbonyl (C=O) groups excluding carboxylic acids is 4. The normalized spacial score (nSPS) is 14.2. The van der Waals surface area contributed by atoms with Gasteiger partial charge in [-0.15, -0.1) is 0 Å². The van der Waals surface area contributed by atoms with E-state index in [1.807, 2.05) is 24.3 Å². The fourth-order valence-electron chi connectivity index (χ4n) is 8.24. The number of rotatable bonds is 36. The van der Waals surface area contributed by atoms with Crippen molar-refractivity contribution in [2.45, 2.75) is 154 Å². The number of benzene rings is 4. The Balaban J connectivity index is 0.907. The number of hydrogen-bond donors (Lipinski definition) is 0. The maximum atomic E-state index is 12.9. The molecule has 12 nitrogen and oxygen atoms in total. The summed E-state index contributed by atoms with van der Waals surface area (Å²) in [5.74, 6) is 0.773. The van der Waals surface area contributed by atoms with Crippen LogP contribution in [0.2, 0.25) is 0 Å². The maximum Gasteiger partial charge on any atom is 0.343 e. The molecule has 1 saturated carbocycles. The third-order valence-corrected chi connectivity index (χ3v) is 12.5. The van der Waals surface area contributed by atoms with Crippen LogP contribution < -0.4 is 18.9 Å². The Kier molecular flexibility index (Phi) is 26.9. The van der Waals surface area contributed by atoms with Crippen LogP contribution in [0.1, 0.15) is 160 Å². The van der Waals surface area contributed by atoms with E-state index >= 15 is 0 Å². The summed E-state index contributed by atoms with van der Waals surface area (Å²) >= 11 is 0. The Hall–Kier alpha value is -6.24. The summed E-state index contributed by atoms with van der Waals surface area (Å²) in [7, 11) is 0. The highest BCUT2D eigenvalue weighted by Crippen LogP contribution is 2.27. The monoisotopic (exact) mass is 989 g/mol. The van der Waals surface area contributed by atoms with Crippen molar-refractivity contribution in [2.24, 2.45) is 0 Å². The van der Waals surface area contributed by atoms with Crippen LogP contribution in [0, 0.1) is 0 Å². The van der Waals surface area contributed by atoms with Crippen LogP contribution in [0.4, 0.5) is 0 Å². The van der Waals surface area contributed by atoms with Crippen LogP contribution in [0.25, 0.3) is 0 Å². The van der Waals surface area contributed by atoms with E-state index in [4.69, 9.17) is 37.9 Å². The lowest BCUT2D eigenvalue weighted by molar-refractivity contribution is -0.138. The Bertz CT molecular complexity index is 2030. The molecule has 1 fully saturated rings. The van der Waals surface area contributed by atoms with Gasteiger partial charge < -0.3 is 37.9 Å². The number of unbranched alkanes of at least 4 members (excludes halogenated alkanes) is 14. The standard InChI is InChI=1S/C60H76O12/c1-3-57(61)67-43-21-15-11-7-5-9-13-19-41-65-51-37-29-49(30-38-51)59(63)71-53-33-25-47(26-34-53)45-69-55-23-17-18-24-56(55)70-46-48-27-35-54(36-28-48)72-60(64)50-31-39-52(40-32-50)66-42-20-14-10-6-8-12-16-22-44-68-58(62)4-2/h3-4,25-40,55-56H,1-2,5-24,41-46H2/t55-,56-/m1/s1. The van der Waals surface area contributed by atoms with E-state index < -0.39 is 11.9 Å². The highest BCUT2D eigenvalue weighted by Gasteiger charge is 2.27. The first-order chi connectivity index (χ1) is 35.3. The highest BCUT2D eigenvalue weighted by molar-refractivity contribution is 5.91. The van der Waals surface area contributed by atoms with Crippen LogP contribution >= 0.6 is 0 Å². The molecule has 0 amide bonds. The smallest absolute Gasteiger partial charge is 0.343 e. The molecule has 4 aromatic carbocycles. The summed E-state index contributed by atoms with van der Waals surface area (Å²) < 4.78 is 45.9. The van der Waals surface area contributed by atoms with Crippen molar-refractivity contribution < 1.29 is 57.1 Å². The second-order valence-electron chi connectivity index (χ2n) is 18.2. The number of esters is 4. The van der Waals surface area contributed by atoms with Crippen LogP contribution in [0.3, 0.4) is 0 Å². The predicted octanol–water partition coefficient (Wildman–Crippen LogP) is 13.6. The highest BCUT2D eigenvalue weighted by atomic mass is 16.6. The van der Waals surface area contributed by atoms with Gasteiger partial charge in [0.25, 0.3) is 0 Å². The Labute approximate surface area is 427 Å². The first-order valence-electron chi connectivity index (χ1n) is 26.2. The zero-order chi connectivity index (χ0) is 50.9. The van der Waals surface area contributed by atoms with Crippen molar-refractivity contribution in [1.29, 1.82) is 0 Å². The lowest BCUT2D eigenvalue weighted by atomic mass is 9.94. The van der Waals surface area contributed by atoms with Crippen LogP contribution in [0.15, 0.2) is 122 Å². The summed E-state index contributed by atoms with van der Waals surface area (Å²) in [6.07, 6.45) is 23.6. The van der Waals surface area contributed by atoms with Gasteiger partial charge in [-0.3, -0.25) is 0 Å². The molecule has 0 unspecified atom stereocenters. The van der Waals surface area contributed by atoms with Gasteiger partial charge in [0.05, 0.1) is 63.0 Å². The van der Waals surface area contributed by atoms with Crippen molar-refractivity contribution in [1.82, 2.24) is 0 Å². The number of ether oxygens (including phenoxy) is 8. The molecule has 0 aliphatic heterocycles. The Morgan fingerprint density at radius 3 is 1.04 bits per heavy atom. The quantitative estimate of drug-likeness (QED) is 0.0185. The summed E-state index contributed by atoms with van der Waals surface area (Å²) in [6, 6.07) is 28.9. The molecule has 0 spiro atoms. The zero-order valence-corrected chi connectivity index (χ0v) is 42.2. The largest absolute Gasteiger partial charge is 0.494 e. The van der Waals surface area contributed by atoms with E-state index in [1.54, 1.807) is 72.8 Å². The first-order valence-corrected chi connectivity index (χ1v) is 26.2. The summed E-state index contributed by atoms with van der Waals surface area (Å²) in [6.45, 7) is 9.80. The van der Waals surface area contributed by atoms with Crippen LogP contribution in [0.5, 0.6) is 23.0 Å². The van der Waals surface area contributed by atoms with Gasteiger partial charge in [-0.1, -0.05) is 127 Å². The minimum atomic E-state index is -0.435. The van der Waals surface area contributed by atoms with E-state index in [-0.39, 0.29) is 24.1 Å². The molecule has 4 aromatic rings. The molecule has 0 bridgehead atoms. The van der Waals surface area contributed by atoms with Gasteiger partial charge in [-0.05, 0) is 122 Å². The van der Waals surface area contributed by atoms with E-state index in [9.17, 15) is 19.2 Å². The van der Waals surface area contributed by atoms with Gasteiger partial charge in [-0.25, -0.2) is 19.2 Å². The average Bonchev–Trinajstić information content (AvgIpc) is 3.41. The fourth-order valence-corrected chi connectivity index (χ4v) is 8.24. The van der Waals surface area contributed by atoms with Crippen molar-refractivity contribution >= 4 is 23.9 Å². The molecule has 12 heteroatoms. The van der Waals surface area contributed by atoms with Crippen molar-refractivity contribution in [3.8, 4) is 23.0 Å². The summed E-state index contributed by atoms with van der Waals surface area (Å²) in [5, 5.41) is 0. The Morgan fingerprint density at radius 1 is 0.403 bits per heavy atom. The zero-order valence-electron chi connectivity index (χ0n) is 42.2. The molecule has 5 rings (SSSR count). The van der Waals surface area contributed by atoms with Gasteiger partial charge >= 0.3 is 23.9 Å². The summed E-state index contributed by atoms with van der Waals surface area (Å²) in [4.78, 5) is 47.9. The van der Waals surface area contributed by atoms with E-state index in [1.165, 1.54) is 37.8 Å². The molecule has 1 aliphatic carbocycles. The maximum absolute atomic E-state index is 12.9. The molecule has 2 atom stereocenters. The molecule has 0 N–H and O–H groups in total. The van der Waals surface area contributed by atoms with Crippen molar-refractivity contribution in [3.63, 3.8) is 0 Å². The molecule has 0 saturated heterocycles. The fraction of sp³-hybridized carbons (Fsp3) is 0.467. The molecular formula is C60H76O12. The molecule has 0 heterocycles. The third kappa shape index (κ3) is 22.9. The molecule has 388 valence electrons. The lowest BCUT2D eigenvalue weighted by Gasteiger charge is -2.31. The first kappa shape index (κ1) is 56.7. The second kappa shape index (κ2) is 34.2. The second-order valence-corrected chi connectivity index (χ2v) is 18.2. The molecule has 72 heavy (non-hydrogen) atoms. The third-order valence-electron chi connectivity index (χ3n) is 12.5. The van der Waals surface area contributed by atoms with Gasteiger partial charge in [-0.2, -0.15) is 0 Å². The number of carbonyl (C=O) groups is 4. The van der Waals surface area contributed by atoms with Crippen molar-refractivity contribution in [2.75, 3.05) is 26.4 Å². The number of hydrogen-bond acceptors (Lipinski definition) is 12. The van der Waals surface area contributed by atoms with Gasteiger partial charge in [0.15, 0.2) is 0 Å².